The summed E-state index contributed by atoms with van der Waals surface area (Å²) in [6.45, 7) is 3.65. The summed E-state index contributed by atoms with van der Waals surface area (Å²) in [5.41, 5.74) is 0. The molecule has 1 fully saturated rings. The van der Waals surface area contributed by atoms with Crippen molar-refractivity contribution in [1.82, 2.24) is 5.32 Å². The van der Waals surface area contributed by atoms with Gasteiger partial charge in [0, 0.05) is 6.42 Å². The molecule has 1 aliphatic heterocycles. The van der Waals surface area contributed by atoms with E-state index >= 15 is 0 Å². The van der Waals surface area contributed by atoms with Crippen LogP contribution in [0.1, 0.15) is 277 Å². The van der Waals surface area contributed by atoms with E-state index in [9.17, 15) is 30.3 Å². The Bertz CT molecular complexity index is 1790. The van der Waals surface area contributed by atoms with E-state index in [1.807, 2.05) is 6.08 Å². The summed E-state index contributed by atoms with van der Waals surface area (Å²) in [6.07, 6.45) is 88.4. The Morgan fingerprint density at radius 2 is 0.750 bits per heavy atom. The number of unbranched alkanes of at least 4 members (excludes halogenated alkanes) is 28. The molecule has 0 saturated carbocycles. The van der Waals surface area contributed by atoms with Crippen molar-refractivity contribution in [2.45, 2.75) is 320 Å². The lowest BCUT2D eigenvalue weighted by molar-refractivity contribution is -0.302. The number of nitrogens with one attached hydrogen (secondary N) is 1. The maximum atomic E-state index is 13.1. The number of aliphatic hydroxyl groups is 5. The minimum Gasteiger partial charge on any atom is -0.394 e. The van der Waals surface area contributed by atoms with Gasteiger partial charge in [0.25, 0.3) is 0 Å². The van der Waals surface area contributed by atoms with Crippen LogP contribution in [0.25, 0.3) is 0 Å². The summed E-state index contributed by atoms with van der Waals surface area (Å²) < 4.78 is 11.3. The zero-order valence-corrected chi connectivity index (χ0v) is 53.6. The summed E-state index contributed by atoms with van der Waals surface area (Å²) in [4.78, 5) is 13.1. The first kappa shape index (κ1) is 78.3. The highest BCUT2D eigenvalue weighted by Crippen LogP contribution is 2.23. The summed E-state index contributed by atoms with van der Waals surface area (Å²) >= 11 is 0. The molecule has 0 radical (unpaired) electrons. The summed E-state index contributed by atoms with van der Waals surface area (Å²) in [5.74, 6) is -0.222. The van der Waals surface area contributed by atoms with E-state index in [0.29, 0.717) is 6.42 Å². The number of carbonyl (C=O) groups excluding carboxylic acids is 1. The summed E-state index contributed by atoms with van der Waals surface area (Å²) in [7, 11) is 0. The fourth-order valence-corrected chi connectivity index (χ4v) is 10.1. The van der Waals surface area contributed by atoms with Crippen LogP contribution in [0.3, 0.4) is 0 Å². The third kappa shape index (κ3) is 50.5. The third-order valence-corrected chi connectivity index (χ3v) is 15.5. The molecule has 1 heterocycles. The van der Waals surface area contributed by atoms with Crippen LogP contribution in [0.2, 0.25) is 0 Å². The van der Waals surface area contributed by atoms with Gasteiger partial charge in [0.2, 0.25) is 5.91 Å². The SMILES string of the molecule is CC/C=C\C/C=C\C/C=C\C/C=C\C/C=C\C/C=C\C/C=C\C/C=C\C/C=C\CCCCCC(=O)NC(COC1OC(CO)C(O)C(O)C1O)C(O)/C=C/CC/C=C/CCCCCCCCCCCCCCCCCCCCCCCCCC. The zero-order chi connectivity index (χ0) is 60.7. The summed E-state index contributed by atoms with van der Waals surface area (Å²) in [5, 5.41) is 54.7. The zero-order valence-electron chi connectivity index (χ0n) is 53.6. The molecule has 84 heavy (non-hydrogen) atoms. The van der Waals surface area contributed by atoms with Gasteiger partial charge in [0.05, 0.1) is 25.4 Å². The van der Waals surface area contributed by atoms with Crippen LogP contribution in [-0.2, 0) is 14.3 Å². The lowest BCUT2D eigenvalue weighted by Gasteiger charge is -2.40. The predicted molar refractivity (Wildman–Crippen MR) is 359 cm³/mol. The molecule has 1 saturated heterocycles. The Labute approximate surface area is 515 Å². The topological polar surface area (TPSA) is 149 Å². The molecule has 7 atom stereocenters. The van der Waals surface area contributed by atoms with Gasteiger partial charge >= 0.3 is 0 Å². The minimum atomic E-state index is -1.59. The fraction of sp³-hybridized carbons (Fsp3) is 0.693. The van der Waals surface area contributed by atoms with E-state index in [0.717, 1.165) is 96.3 Å². The first-order valence-corrected chi connectivity index (χ1v) is 34.4. The smallest absolute Gasteiger partial charge is 0.220 e. The van der Waals surface area contributed by atoms with Gasteiger partial charge in [-0.1, -0.05) is 302 Å². The Hall–Kier alpha value is -3.67. The maximum absolute atomic E-state index is 13.1. The first-order chi connectivity index (χ1) is 41.3. The van der Waals surface area contributed by atoms with Crippen LogP contribution in [0, 0.1) is 0 Å². The molecule has 0 aliphatic carbocycles. The molecule has 9 heteroatoms. The maximum Gasteiger partial charge on any atom is 0.220 e. The number of allylic oxidation sites excluding steroid dienone is 21. The number of amides is 1. The van der Waals surface area contributed by atoms with Gasteiger partial charge < -0.3 is 40.3 Å². The highest BCUT2D eigenvalue weighted by molar-refractivity contribution is 5.76. The van der Waals surface area contributed by atoms with Crippen molar-refractivity contribution in [3.8, 4) is 0 Å². The van der Waals surface area contributed by atoms with E-state index in [1.165, 1.54) is 154 Å². The van der Waals surface area contributed by atoms with E-state index in [2.05, 4.69) is 141 Å². The van der Waals surface area contributed by atoms with Gasteiger partial charge in [-0.15, -0.1) is 0 Å². The molecular weight excluding hydrogens is 1040 g/mol. The summed E-state index contributed by atoms with van der Waals surface area (Å²) in [6, 6.07) is -0.852. The third-order valence-electron chi connectivity index (χ3n) is 15.5. The van der Waals surface area contributed by atoms with Crippen LogP contribution in [0.4, 0.5) is 0 Å². The number of ether oxygens (including phenoxy) is 2. The van der Waals surface area contributed by atoms with Crippen molar-refractivity contribution in [2.75, 3.05) is 13.2 Å². The minimum absolute atomic E-state index is 0.222. The molecule has 9 nitrogen and oxygen atoms in total. The van der Waals surface area contributed by atoms with Crippen LogP contribution in [0.5, 0.6) is 0 Å². The second kappa shape index (κ2) is 62.4. The molecule has 6 N–H and O–H groups in total. The number of hydrogen-bond donors (Lipinski definition) is 6. The molecule has 0 aromatic rings. The van der Waals surface area contributed by atoms with Crippen molar-refractivity contribution < 1.29 is 39.8 Å². The predicted octanol–water partition coefficient (Wildman–Crippen LogP) is 18.8. The van der Waals surface area contributed by atoms with Crippen LogP contribution >= 0.6 is 0 Å². The largest absolute Gasteiger partial charge is 0.394 e. The molecule has 1 aliphatic rings. The Balaban J connectivity index is 2.23. The van der Waals surface area contributed by atoms with Gasteiger partial charge in [-0.2, -0.15) is 0 Å². The second-order valence-electron chi connectivity index (χ2n) is 23.2. The molecule has 0 spiro atoms. The molecule has 0 bridgehead atoms. The molecule has 0 aromatic heterocycles. The highest BCUT2D eigenvalue weighted by atomic mass is 16.7. The molecule has 480 valence electrons. The normalized spacial score (nSPS) is 19.1. The molecule has 1 rings (SSSR count). The van der Waals surface area contributed by atoms with E-state index < -0.39 is 49.5 Å². The van der Waals surface area contributed by atoms with E-state index in [-0.39, 0.29) is 18.9 Å². The monoisotopic (exact) mass is 1170 g/mol. The average molecular weight is 1170 g/mol. The van der Waals surface area contributed by atoms with Gasteiger partial charge in [-0.3, -0.25) is 4.79 Å². The molecule has 7 unspecified atom stereocenters. The first-order valence-electron chi connectivity index (χ1n) is 34.4. The van der Waals surface area contributed by atoms with Crippen LogP contribution in [0.15, 0.2) is 134 Å². The molecular formula is C75H127NO8. The number of hydrogen-bond acceptors (Lipinski definition) is 8. The van der Waals surface area contributed by atoms with Crippen molar-refractivity contribution in [1.29, 1.82) is 0 Å². The average Bonchev–Trinajstić information content (AvgIpc) is 3.70. The van der Waals surface area contributed by atoms with Crippen molar-refractivity contribution in [3.63, 3.8) is 0 Å². The van der Waals surface area contributed by atoms with Crippen LogP contribution < -0.4 is 5.32 Å². The van der Waals surface area contributed by atoms with E-state index in [1.54, 1.807) is 6.08 Å². The number of rotatable bonds is 58. The fourth-order valence-electron chi connectivity index (χ4n) is 10.1. The van der Waals surface area contributed by atoms with E-state index in [4.69, 9.17) is 9.47 Å². The van der Waals surface area contributed by atoms with Crippen molar-refractivity contribution in [3.05, 3.63) is 134 Å². The van der Waals surface area contributed by atoms with Gasteiger partial charge in [0.15, 0.2) is 6.29 Å². The lowest BCUT2D eigenvalue weighted by Crippen LogP contribution is -2.60. The number of carbonyl (C=O) groups is 1. The van der Waals surface area contributed by atoms with Crippen LogP contribution in [-0.4, -0.2) is 87.5 Å². The van der Waals surface area contributed by atoms with Gasteiger partial charge in [-0.25, -0.2) is 0 Å². The standard InChI is InChI=1S/C75H127NO8/c1-3-5-7-9-11-13-15-17-19-21-23-25-27-29-31-33-35-37-39-41-43-45-47-49-51-53-55-57-59-61-63-65-71(79)76-68(67-83-75-74(82)73(81)72(80)70(66-77)84-75)69(78)64-62-60-58-56-54-52-50-48-46-44-42-40-38-36-34-32-30-28-26-24-22-20-18-16-14-12-10-8-6-4-2/h5,7,11,13,17,19,23,25,29,31,35,37,41,43,47,49,53-56,62,64,68-70,72-75,77-78,80-82H,3-4,6,8-10,12,14-16,18,20-22,24,26-28,30,32-34,36,38-40,42,44-46,48,50-52,57-61,63,65-67H2,1-2H3,(H,76,79)/b7-5-,13-11-,19-17-,25-23-,31-29-,37-35-,43-41-,49-47-,55-53-,56-54+,64-62+. The molecule has 1 amide bonds. The Kier molecular flexibility index (Phi) is 58.2. The number of aliphatic hydroxyl groups excluding tert-OH is 5. The quantitative estimate of drug-likeness (QED) is 0.0261. The van der Waals surface area contributed by atoms with Crippen molar-refractivity contribution in [2.24, 2.45) is 0 Å². The van der Waals surface area contributed by atoms with Gasteiger partial charge in [0.1, 0.15) is 24.4 Å². The Morgan fingerprint density at radius 3 is 1.14 bits per heavy atom. The lowest BCUT2D eigenvalue weighted by atomic mass is 9.99. The highest BCUT2D eigenvalue weighted by Gasteiger charge is 2.44. The second-order valence-corrected chi connectivity index (χ2v) is 23.2. The Morgan fingerprint density at radius 1 is 0.417 bits per heavy atom. The van der Waals surface area contributed by atoms with Crippen molar-refractivity contribution >= 4 is 5.91 Å². The molecule has 0 aromatic carbocycles. The van der Waals surface area contributed by atoms with Gasteiger partial charge in [-0.05, 0) is 103 Å².